The van der Waals surface area contributed by atoms with Crippen LogP contribution in [0.1, 0.15) is 18.4 Å². The molecule has 1 saturated heterocycles. The number of pyridine rings is 1. The van der Waals surface area contributed by atoms with Gasteiger partial charge in [0.05, 0.1) is 11.3 Å². The second kappa shape index (κ2) is 5.35. The Bertz CT molecular complexity index is 484. The quantitative estimate of drug-likeness (QED) is 0.867. The SMILES string of the molecule is CN1CCC(Oc2nc(N)c(C(F)(F)F)cc2N)CC1. The molecule has 2 heterocycles. The van der Waals surface area contributed by atoms with Crippen molar-refractivity contribution in [3.8, 4) is 5.88 Å². The molecule has 1 aliphatic heterocycles. The minimum absolute atomic E-state index is 0.0231. The van der Waals surface area contributed by atoms with Crippen LogP contribution in [0.3, 0.4) is 0 Å². The van der Waals surface area contributed by atoms with Crippen LogP contribution in [0.4, 0.5) is 24.7 Å². The summed E-state index contributed by atoms with van der Waals surface area (Å²) in [5, 5.41) is 0. The maximum Gasteiger partial charge on any atom is 0.420 e. The fourth-order valence-corrected chi connectivity index (χ4v) is 2.11. The van der Waals surface area contributed by atoms with Gasteiger partial charge < -0.3 is 21.1 Å². The summed E-state index contributed by atoms with van der Waals surface area (Å²) >= 11 is 0. The molecule has 2 rings (SSSR count). The highest BCUT2D eigenvalue weighted by Gasteiger charge is 2.35. The summed E-state index contributed by atoms with van der Waals surface area (Å²) in [6, 6.07) is 0.770. The van der Waals surface area contributed by atoms with E-state index < -0.39 is 17.6 Å². The van der Waals surface area contributed by atoms with Gasteiger partial charge in [-0.1, -0.05) is 0 Å². The highest BCUT2D eigenvalue weighted by Crippen LogP contribution is 2.36. The minimum atomic E-state index is -4.57. The number of rotatable bonds is 2. The number of likely N-dealkylation sites (tertiary alicyclic amines) is 1. The Hall–Kier alpha value is -1.70. The normalized spacial score (nSPS) is 18.2. The number of nitrogen functional groups attached to an aromatic ring is 2. The van der Waals surface area contributed by atoms with E-state index in [4.69, 9.17) is 16.2 Å². The van der Waals surface area contributed by atoms with Crippen LogP contribution in [0.5, 0.6) is 5.88 Å². The molecule has 0 saturated carbocycles. The van der Waals surface area contributed by atoms with E-state index in [9.17, 15) is 13.2 Å². The molecule has 0 bridgehead atoms. The Labute approximate surface area is 114 Å². The zero-order valence-electron chi connectivity index (χ0n) is 11.1. The fraction of sp³-hybridized carbons (Fsp3) is 0.583. The molecule has 0 spiro atoms. The average molecular weight is 290 g/mol. The van der Waals surface area contributed by atoms with Crippen molar-refractivity contribution in [3.05, 3.63) is 11.6 Å². The second-order valence-corrected chi connectivity index (χ2v) is 4.93. The van der Waals surface area contributed by atoms with Crippen molar-refractivity contribution in [1.82, 2.24) is 9.88 Å². The number of piperidine rings is 1. The molecule has 0 amide bonds. The molecule has 4 N–H and O–H groups in total. The number of alkyl halides is 3. The summed E-state index contributed by atoms with van der Waals surface area (Å²) in [5.41, 5.74) is 9.72. The molecular weight excluding hydrogens is 273 g/mol. The summed E-state index contributed by atoms with van der Waals surface area (Å²) in [5.74, 6) is -0.639. The van der Waals surface area contributed by atoms with Gasteiger partial charge in [-0.2, -0.15) is 18.2 Å². The van der Waals surface area contributed by atoms with Gasteiger partial charge >= 0.3 is 6.18 Å². The van der Waals surface area contributed by atoms with Crippen molar-refractivity contribution in [2.24, 2.45) is 0 Å². The van der Waals surface area contributed by atoms with Crippen LogP contribution < -0.4 is 16.2 Å². The molecule has 8 heteroatoms. The van der Waals surface area contributed by atoms with Gasteiger partial charge in [0, 0.05) is 13.1 Å². The number of anilines is 2. The van der Waals surface area contributed by atoms with E-state index >= 15 is 0 Å². The van der Waals surface area contributed by atoms with Crippen molar-refractivity contribution in [2.75, 3.05) is 31.6 Å². The Kier molecular flexibility index (Phi) is 3.94. The van der Waals surface area contributed by atoms with Crippen LogP contribution in [-0.2, 0) is 6.18 Å². The van der Waals surface area contributed by atoms with Crippen LogP contribution in [-0.4, -0.2) is 36.1 Å². The van der Waals surface area contributed by atoms with E-state index in [-0.39, 0.29) is 17.7 Å². The maximum absolute atomic E-state index is 12.6. The number of nitrogens with two attached hydrogens (primary N) is 2. The Balaban J connectivity index is 2.15. The monoisotopic (exact) mass is 290 g/mol. The lowest BCUT2D eigenvalue weighted by Gasteiger charge is -2.29. The first-order chi connectivity index (χ1) is 9.27. The van der Waals surface area contributed by atoms with E-state index in [1.54, 1.807) is 0 Å². The van der Waals surface area contributed by atoms with Crippen LogP contribution >= 0.6 is 0 Å². The van der Waals surface area contributed by atoms with Gasteiger partial charge in [-0.3, -0.25) is 0 Å². The van der Waals surface area contributed by atoms with E-state index in [1.165, 1.54) is 0 Å². The lowest BCUT2D eigenvalue weighted by Crippen LogP contribution is -2.36. The standard InChI is InChI=1S/C12H17F3N4O/c1-19-4-2-7(3-5-19)20-11-9(16)6-8(10(17)18-11)12(13,14)15/h6-7H,2-5,16H2,1H3,(H2,17,18). The highest BCUT2D eigenvalue weighted by molar-refractivity contribution is 5.58. The zero-order valence-corrected chi connectivity index (χ0v) is 11.1. The molecule has 0 aromatic carbocycles. The first-order valence-corrected chi connectivity index (χ1v) is 6.25. The molecule has 0 aliphatic carbocycles. The largest absolute Gasteiger partial charge is 0.473 e. The number of ether oxygens (including phenoxy) is 1. The third-order valence-electron chi connectivity index (χ3n) is 3.29. The van der Waals surface area contributed by atoms with E-state index in [2.05, 4.69) is 9.88 Å². The van der Waals surface area contributed by atoms with Crippen molar-refractivity contribution in [2.45, 2.75) is 25.1 Å². The van der Waals surface area contributed by atoms with E-state index in [0.717, 1.165) is 32.0 Å². The minimum Gasteiger partial charge on any atom is -0.473 e. The average Bonchev–Trinajstić information content (AvgIpc) is 2.35. The summed E-state index contributed by atoms with van der Waals surface area (Å²) in [4.78, 5) is 5.80. The molecule has 1 aromatic rings. The highest BCUT2D eigenvalue weighted by atomic mass is 19.4. The van der Waals surface area contributed by atoms with Gasteiger partial charge in [0.2, 0.25) is 5.88 Å². The van der Waals surface area contributed by atoms with Gasteiger partial charge in [0.25, 0.3) is 0 Å². The molecule has 0 radical (unpaired) electrons. The van der Waals surface area contributed by atoms with Crippen molar-refractivity contribution < 1.29 is 17.9 Å². The smallest absolute Gasteiger partial charge is 0.420 e. The second-order valence-electron chi connectivity index (χ2n) is 4.93. The number of hydrogen-bond acceptors (Lipinski definition) is 5. The fourth-order valence-electron chi connectivity index (χ4n) is 2.11. The van der Waals surface area contributed by atoms with Crippen LogP contribution in [0.25, 0.3) is 0 Å². The van der Waals surface area contributed by atoms with Gasteiger partial charge in [-0.15, -0.1) is 0 Å². The predicted molar refractivity (Wildman–Crippen MR) is 69.2 cm³/mol. The first-order valence-electron chi connectivity index (χ1n) is 6.25. The summed E-state index contributed by atoms with van der Waals surface area (Å²) in [7, 11) is 2.00. The van der Waals surface area contributed by atoms with Crippen molar-refractivity contribution in [1.29, 1.82) is 0 Å². The van der Waals surface area contributed by atoms with Crippen LogP contribution in [0.2, 0.25) is 0 Å². The van der Waals surface area contributed by atoms with Crippen molar-refractivity contribution >= 4 is 11.5 Å². The lowest BCUT2D eigenvalue weighted by atomic mass is 10.1. The molecule has 0 unspecified atom stereocenters. The molecule has 20 heavy (non-hydrogen) atoms. The van der Waals surface area contributed by atoms with Gasteiger partial charge in [-0.05, 0) is 26.0 Å². The Morgan fingerprint density at radius 2 is 1.90 bits per heavy atom. The summed E-state index contributed by atoms with van der Waals surface area (Å²) in [6.45, 7) is 1.72. The molecule has 0 atom stereocenters. The molecule has 1 aromatic heterocycles. The number of nitrogens with zero attached hydrogens (tertiary/aromatic N) is 2. The third kappa shape index (κ3) is 3.24. The molecular formula is C12H17F3N4O. The number of hydrogen-bond donors (Lipinski definition) is 2. The van der Waals surface area contributed by atoms with Crippen LogP contribution in [0.15, 0.2) is 6.07 Å². The lowest BCUT2D eigenvalue weighted by molar-refractivity contribution is -0.137. The van der Waals surface area contributed by atoms with Crippen molar-refractivity contribution in [3.63, 3.8) is 0 Å². The van der Waals surface area contributed by atoms with E-state index in [0.29, 0.717) is 0 Å². The molecule has 112 valence electrons. The number of halogens is 3. The van der Waals surface area contributed by atoms with Gasteiger partial charge in [-0.25, -0.2) is 0 Å². The van der Waals surface area contributed by atoms with Crippen LogP contribution in [0, 0.1) is 0 Å². The molecule has 1 aliphatic rings. The Morgan fingerprint density at radius 3 is 2.45 bits per heavy atom. The van der Waals surface area contributed by atoms with Gasteiger partial charge in [0.15, 0.2) is 0 Å². The number of aromatic nitrogens is 1. The first kappa shape index (κ1) is 14.7. The summed E-state index contributed by atoms with van der Waals surface area (Å²) < 4.78 is 43.5. The topological polar surface area (TPSA) is 77.4 Å². The van der Waals surface area contributed by atoms with Gasteiger partial charge in [0.1, 0.15) is 11.9 Å². The zero-order chi connectivity index (χ0) is 14.9. The van der Waals surface area contributed by atoms with E-state index in [1.807, 2.05) is 7.05 Å². The molecule has 5 nitrogen and oxygen atoms in total. The predicted octanol–water partition coefficient (Wildman–Crippen LogP) is 1.74. The molecule has 1 fully saturated rings. The summed E-state index contributed by atoms with van der Waals surface area (Å²) in [6.07, 6.45) is -3.12. The maximum atomic E-state index is 12.6. The Morgan fingerprint density at radius 1 is 1.30 bits per heavy atom. The third-order valence-corrected chi connectivity index (χ3v) is 3.29.